The molecule has 1 aromatic carbocycles. The first kappa shape index (κ1) is 18.9. The first-order valence-corrected chi connectivity index (χ1v) is 8.29. The number of anilines is 1. The molecule has 2 amide bonds. The van der Waals surface area contributed by atoms with Crippen LogP contribution in [0.3, 0.4) is 0 Å². The van der Waals surface area contributed by atoms with Gasteiger partial charge in [-0.05, 0) is 32.3 Å². The van der Waals surface area contributed by atoms with Crippen molar-refractivity contribution in [1.82, 2.24) is 14.7 Å². The summed E-state index contributed by atoms with van der Waals surface area (Å²) in [4.78, 5) is 18.0. The third-order valence-corrected chi connectivity index (χ3v) is 4.18. The lowest BCUT2D eigenvalue weighted by molar-refractivity contribution is 0.0677. The molecule has 1 fully saturated rings. The van der Waals surface area contributed by atoms with Gasteiger partial charge >= 0.3 is 6.03 Å². The normalized spacial score (nSPS) is 17.2. The number of aliphatic hydroxyl groups excluding tert-OH is 1. The fourth-order valence-corrected chi connectivity index (χ4v) is 2.80. The van der Waals surface area contributed by atoms with Gasteiger partial charge in [0.1, 0.15) is 5.82 Å². The van der Waals surface area contributed by atoms with Gasteiger partial charge in [-0.25, -0.2) is 9.18 Å². The Labute approximate surface area is 146 Å². The molecule has 1 aliphatic heterocycles. The van der Waals surface area contributed by atoms with E-state index < -0.39 is 11.9 Å². The minimum Gasteiger partial charge on any atom is -0.390 e. The summed E-state index contributed by atoms with van der Waals surface area (Å²) in [5.74, 6) is -0.561. The Bertz CT molecular complexity index is 565. The van der Waals surface area contributed by atoms with E-state index in [2.05, 4.69) is 10.2 Å². The number of hydrogen-bond donors (Lipinski definition) is 2. The number of aliphatic hydroxyl groups is 1. The molecule has 1 saturated heterocycles. The van der Waals surface area contributed by atoms with Crippen molar-refractivity contribution < 1.29 is 14.3 Å². The van der Waals surface area contributed by atoms with Gasteiger partial charge in [-0.15, -0.1) is 0 Å². The fourth-order valence-electron chi connectivity index (χ4n) is 2.69. The highest BCUT2D eigenvalue weighted by molar-refractivity contribution is 6.30. The second-order valence-electron chi connectivity index (χ2n) is 6.26. The Kier molecular flexibility index (Phi) is 6.79. The van der Waals surface area contributed by atoms with E-state index in [1.165, 1.54) is 12.1 Å². The van der Waals surface area contributed by atoms with E-state index in [0.29, 0.717) is 45.0 Å². The monoisotopic (exact) mass is 358 g/mol. The maximum Gasteiger partial charge on any atom is 0.321 e. The van der Waals surface area contributed by atoms with E-state index in [0.717, 1.165) is 0 Å². The molecule has 1 heterocycles. The zero-order valence-corrected chi connectivity index (χ0v) is 14.8. The van der Waals surface area contributed by atoms with E-state index >= 15 is 0 Å². The highest BCUT2D eigenvalue weighted by Gasteiger charge is 2.22. The summed E-state index contributed by atoms with van der Waals surface area (Å²) in [5, 5.41) is 12.7. The zero-order valence-electron chi connectivity index (χ0n) is 14.0. The fraction of sp³-hybridized carbons (Fsp3) is 0.562. The average molecular weight is 359 g/mol. The average Bonchev–Trinajstić information content (AvgIpc) is 2.50. The van der Waals surface area contributed by atoms with Crippen LogP contribution in [-0.4, -0.2) is 85.3 Å². The van der Waals surface area contributed by atoms with E-state index in [4.69, 9.17) is 11.6 Å². The summed E-state index contributed by atoms with van der Waals surface area (Å²) in [6.07, 6.45) is -0.405. The molecular formula is C16H24ClFN4O2. The molecule has 0 spiro atoms. The van der Waals surface area contributed by atoms with Crippen molar-refractivity contribution in [2.45, 2.75) is 6.10 Å². The molecule has 2 N–H and O–H groups in total. The summed E-state index contributed by atoms with van der Waals surface area (Å²) in [6, 6.07) is 3.92. The van der Waals surface area contributed by atoms with Gasteiger partial charge in [0.25, 0.3) is 0 Å². The molecule has 0 aromatic heterocycles. The number of benzene rings is 1. The SMILES string of the molecule is CN(C)CC(O)CN1CCN(C(=O)Nc2ccc(Cl)c(F)c2)CC1. The molecule has 0 aliphatic carbocycles. The van der Waals surface area contributed by atoms with E-state index in [1.54, 1.807) is 11.0 Å². The number of piperazine rings is 1. The number of urea groups is 1. The Morgan fingerprint density at radius 2 is 2.04 bits per heavy atom. The standard InChI is InChI=1S/C16H24ClFN4O2/c1-20(2)10-13(23)11-21-5-7-22(8-6-21)16(24)19-12-3-4-14(17)15(18)9-12/h3-4,9,13,23H,5-8,10-11H2,1-2H3,(H,19,24). The molecule has 6 nitrogen and oxygen atoms in total. The number of carbonyl (C=O) groups is 1. The number of rotatable bonds is 5. The van der Waals surface area contributed by atoms with Crippen molar-refractivity contribution in [3.05, 3.63) is 29.0 Å². The lowest BCUT2D eigenvalue weighted by Gasteiger charge is -2.35. The summed E-state index contributed by atoms with van der Waals surface area (Å²) in [6.45, 7) is 3.74. The maximum atomic E-state index is 13.4. The second-order valence-corrected chi connectivity index (χ2v) is 6.67. The number of likely N-dealkylation sites (N-methyl/N-ethyl adjacent to an activating group) is 1. The summed E-state index contributed by atoms with van der Waals surface area (Å²) >= 11 is 5.63. The van der Waals surface area contributed by atoms with Crippen molar-refractivity contribution in [2.24, 2.45) is 0 Å². The van der Waals surface area contributed by atoms with Crippen LogP contribution in [-0.2, 0) is 0 Å². The van der Waals surface area contributed by atoms with Gasteiger partial charge in [0.15, 0.2) is 0 Å². The van der Waals surface area contributed by atoms with Crippen molar-refractivity contribution >= 4 is 23.3 Å². The van der Waals surface area contributed by atoms with Crippen molar-refractivity contribution in [1.29, 1.82) is 0 Å². The smallest absolute Gasteiger partial charge is 0.321 e. The first-order chi connectivity index (χ1) is 11.3. The highest BCUT2D eigenvalue weighted by atomic mass is 35.5. The van der Waals surface area contributed by atoms with Crippen LogP contribution < -0.4 is 5.32 Å². The van der Waals surface area contributed by atoms with E-state index in [-0.39, 0.29) is 11.1 Å². The molecule has 0 radical (unpaired) electrons. The number of hydrogen-bond acceptors (Lipinski definition) is 4. The Morgan fingerprint density at radius 1 is 1.38 bits per heavy atom. The van der Waals surface area contributed by atoms with Crippen molar-refractivity contribution in [2.75, 3.05) is 58.7 Å². The van der Waals surface area contributed by atoms with Crippen LogP contribution in [0, 0.1) is 5.82 Å². The first-order valence-electron chi connectivity index (χ1n) is 7.91. The third kappa shape index (κ3) is 5.59. The van der Waals surface area contributed by atoms with Gasteiger partial charge in [0.05, 0.1) is 11.1 Å². The summed E-state index contributed by atoms with van der Waals surface area (Å²) < 4.78 is 13.4. The van der Waals surface area contributed by atoms with Crippen LogP contribution in [0.1, 0.15) is 0 Å². The minimum absolute atomic E-state index is 0.0258. The van der Waals surface area contributed by atoms with E-state index in [9.17, 15) is 14.3 Å². The molecule has 134 valence electrons. The molecule has 24 heavy (non-hydrogen) atoms. The van der Waals surface area contributed by atoms with Gasteiger partial charge in [0, 0.05) is 45.0 Å². The Hall–Kier alpha value is -1.41. The molecular weight excluding hydrogens is 335 g/mol. The molecule has 1 atom stereocenters. The molecule has 1 aromatic rings. The lowest BCUT2D eigenvalue weighted by atomic mass is 10.2. The quantitative estimate of drug-likeness (QED) is 0.838. The van der Waals surface area contributed by atoms with Crippen molar-refractivity contribution in [3.63, 3.8) is 0 Å². The largest absolute Gasteiger partial charge is 0.390 e. The topological polar surface area (TPSA) is 59.1 Å². The molecule has 0 bridgehead atoms. The molecule has 1 aliphatic rings. The lowest BCUT2D eigenvalue weighted by Crippen LogP contribution is -2.52. The summed E-state index contributed by atoms with van der Waals surface area (Å²) in [7, 11) is 3.84. The van der Waals surface area contributed by atoms with Gasteiger partial charge in [-0.2, -0.15) is 0 Å². The van der Waals surface area contributed by atoms with Gasteiger partial charge in [-0.1, -0.05) is 11.6 Å². The minimum atomic E-state index is -0.561. The van der Waals surface area contributed by atoms with Crippen LogP contribution in [0.2, 0.25) is 5.02 Å². The van der Waals surface area contributed by atoms with Crippen LogP contribution in [0.25, 0.3) is 0 Å². The van der Waals surface area contributed by atoms with Crippen LogP contribution in [0.15, 0.2) is 18.2 Å². The maximum absolute atomic E-state index is 13.4. The Balaban J connectivity index is 1.79. The second kappa shape index (κ2) is 8.62. The zero-order chi connectivity index (χ0) is 17.7. The molecule has 0 saturated carbocycles. The molecule has 2 rings (SSSR count). The summed E-state index contributed by atoms with van der Waals surface area (Å²) in [5.41, 5.74) is 0.380. The van der Waals surface area contributed by atoms with Crippen LogP contribution in [0.5, 0.6) is 0 Å². The predicted molar refractivity (Wildman–Crippen MR) is 93.0 cm³/mol. The van der Waals surface area contributed by atoms with Gasteiger partial charge in [0.2, 0.25) is 0 Å². The van der Waals surface area contributed by atoms with Crippen molar-refractivity contribution in [3.8, 4) is 0 Å². The predicted octanol–water partition coefficient (Wildman–Crippen LogP) is 1.55. The van der Waals surface area contributed by atoms with Crippen LogP contribution >= 0.6 is 11.6 Å². The molecule has 8 heteroatoms. The Morgan fingerprint density at radius 3 is 2.62 bits per heavy atom. The number of nitrogens with one attached hydrogen (secondary N) is 1. The van der Waals surface area contributed by atoms with Crippen LogP contribution in [0.4, 0.5) is 14.9 Å². The van der Waals surface area contributed by atoms with Gasteiger partial charge < -0.3 is 20.2 Å². The third-order valence-electron chi connectivity index (χ3n) is 3.88. The number of amides is 2. The number of halogens is 2. The van der Waals surface area contributed by atoms with E-state index in [1.807, 2.05) is 19.0 Å². The highest BCUT2D eigenvalue weighted by Crippen LogP contribution is 2.19. The number of carbonyl (C=O) groups excluding carboxylic acids is 1. The number of β-amino-alcohol motifs (C(OH)–C–C–N with tert-alkyl or cyclic N) is 1. The molecule has 1 unspecified atom stereocenters. The van der Waals surface area contributed by atoms with Gasteiger partial charge in [-0.3, -0.25) is 4.90 Å². The number of nitrogens with zero attached hydrogens (tertiary/aromatic N) is 3.